The molecule has 6 nitrogen and oxygen atoms in total. The molecule has 0 rings (SSSR count). The molecule has 0 aromatic carbocycles. The van der Waals surface area contributed by atoms with Gasteiger partial charge in [0.25, 0.3) is 0 Å². The molecular formula is C7H11NO5. The first kappa shape index (κ1) is 11.4. The Hall–Kier alpha value is -1.59. The molecule has 0 fully saturated rings. The topological polar surface area (TPSA) is 104 Å². The van der Waals surface area contributed by atoms with Gasteiger partial charge in [0, 0.05) is 6.42 Å². The lowest BCUT2D eigenvalue weighted by molar-refractivity contribution is -0.143. The van der Waals surface area contributed by atoms with Gasteiger partial charge in [-0.3, -0.25) is 14.4 Å². The van der Waals surface area contributed by atoms with Crippen molar-refractivity contribution in [2.24, 2.45) is 5.92 Å². The van der Waals surface area contributed by atoms with Gasteiger partial charge in [-0.25, -0.2) is 0 Å². The van der Waals surface area contributed by atoms with Crippen LogP contribution in [0.1, 0.15) is 13.3 Å². The molecule has 1 amide bonds. The van der Waals surface area contributed by atoms with Gasteiger partial charge in [-0.2, -0.15) is 0 Å². The second-order valence-electron chi connectivity index (χ2n) is 2.61. The molecule has 0 radical (unpaired) electrons. The van der Waals surface area contributed by atoms with E-state index < -0.39 is 30.3 Å². The van der Waals surface area contributed by atoms with Crippen LogP contribution in [0.5, 0.6) is 0 Å². The monoisotopic (exact) mass is 189 g/mol. The Labute approximate surface area is 74.6 Å². The number of carboxylic acid groups (broad SMARTS) is 2. The van der Waals surface area contributed by atoms with E-state index in [1.54, 1.807) is 0 Å². The fourth-order valence-electron chi connectivity index (χ4n) is 0.612. The van der Waals surface area contributed by atoms with Crippen molar-refractivity contribution >= 4 is 17.8 Å². The SMILES string of the molecule is CC(CC(=O)NCC(=O)O)C(=O)O. The van der Waals surface area contributed by atoms with Gasteiger partial charge in [-0.1, -0.05) is 6.92 Å². The molecule has 1 atom stereocenters. The molecule has 0 spiro atoms. The summed E-state index contributed by atoms with van der Waals surface area (Å²) in [7, 11) is 0. The van der Waals surface area contributed by atoms with Gasteiger partial charge in [0.2, 0.25) is 5.91 Å². The average molecular weight is 189 g/mol. The van der Waals surface area contributed by atoms with Gasteiger partial charge in [0.1, 0.15) is 6.54 Å². The van der Waals surface area contributed by atoms with Crippen LogP contribution in [0, 0.1) is 5.92 Å². The molecule has 0 aliphatic rings. The summed E-state index contributed by atoms with van der Waals surface area (Å²) < 4.78 is 0. The van der Waals surface area contributed by atoms with Crippen molar-refractivity contribution < 1.29 is 24.6 Å². The van der Waals surface area contributed by atoms with Crippen LogP contribution < -0.4 is 5.32 Å². The molecule has 13 heavy (non-hydrogen) atoms. The fourth-order valence-corrected chi connectivity index (χ4v) is 0.612. The number of rotatable bonds is 5. The van der Waals surface area contributed by atoms with E-state index in [0.717, 1.165) is 0 Å². The molecule has 0 saturated heterocycles. The minimum absolute atomic E-state index is 0.206. The molecule has 6 heteroatoms. The molecule has 74 valence electrons. The van der Waals surface area contributed by atoms with E-state index in [4.69, 9.17) is 10.2 Å². The van der Waals surface area contributed by atoms with Crippen molar-refractivity contribution in [2.75, 3.05) is 6.54 Å². The molecule has 0 aliphatic carbocycles. The lowest BCUT2D eigenvalue weighted by atomic mass is 10.1. The Morgan fingerprint density at radius 1 is 1.31 bits per heavy atom. The van der Waals surface area contributed by atoms with Crippen molar-refractivity contribution in [3.8, 4) is 0 Å². The zero-order valence-electron chi connectivity index (χ0n) is 7.11. The molecule has 0 bridgehead atoms. The zero-order valence-corrected chi connectivity index (χ0v) is 7.11. The maximum atomic E-state index is 10.8. The van der Waals surface area contributed by atoms with Crippen LogP contribution in [0.15, 0.2) is 0 Å². The molecule has 0 heterocycles. The highest BCUT2D eigenvalue weighted by Crippen LogP contribution is 2.00. The highest BCUT2D eigenvalue weighted by molar-refractivity contribution is 5.84. The third-order valence-corrected chi connectivity index (χ3v) is 1.35. The minimum atomic E-state index is -1.16. The van der Waals surface area contributed by atoms with E-state index in [1.807, 2.05) is 0 Å². The highest BCUT2D eigenvalue weighted by Gasteiger charge is 2.15. The van der Waals surface area contributed by atoms with Gasteiger partial charge in [0.15, 0.2) is 0 Å². The van der Waals surface area contributed by atoms with Crippen LogP contribution in [-0.2, 0) is 14.4 Å². The van der Waals surface area contributed by atoms with Crippen LogP contribution in [0.3, 0.4) is 0 Å². The van der Waals surface area contributed by atoms with Gasteiger partial charge < -0.3 is 15.5 Å². The van der Waals surface area contributed by atoms with Crippen molar-refractivity contribution in [2.45, 2.75) is 13.3 Å². The van der Waals surface area contributed by atoms with Crippen LogP contribution >= 0.6 is 0 Å². The number of aliphatic carboxylic acids is 2. The summed E-state index contributed by atoms with van der Waals surface area (Å²) in [5, 5.41) is 18.7. The number of hydrogen-bond donors (Lipinski definition) is 3. The predicted molar refractivity (Wildman–Crippen MR) is 42.1 cm³/mol. The fraction of sp³-hybridized carbons (Fsp3) is 0.571. The minimum Gasteiger partial charge on any atom is -0.481 e. The quantitative estimate of drug-likeness (QED) is 0.530. The van der Waals surface area contributed by atoms with Crippen LogP contribution in [0.2, 0.25) is 0 Å². The Balaban J connectivity index is 3.74. The molecule has 0 saturated carbocycles. The van der Waals surface area contributed by atoms with Crippen molar-refractivity contribution in [3.63, 3.8) is 0 Å². The summed E-state index contributed by atoms with van der Waals surface area (Å²) >= 11 is 0. The second kappa shape index (κ2) is 5.13. The summed E-state index contributed by atoms with van der Waals surface area (Å²) in [6.07, 6.45) is -0.206. The highest BCUT2D eigenvalue weighted by atomic mass is 16.4. The van der Waals surface area contributed by atoms with Gasteiger partial charge >= 0.3 is 11.9 Å². The average Bonchev–Trinajstić information content (AvgIpc) is 2.00. The normalized spacial score (nSPS) is 11.8. The number of carbonyl (C=O) groups is 3. The van der Waals surface area contributed by atoms with E-state index in [1.165, 1.54) is 6.92 Å². The molecule has 0 aliphatic heterocycles. The largest absolute Gasteiger partial charge is 0.481 e. The van der Waals surface area contributed by atoms with Crippen LogP contribution in [-0.4, -0.2) is 34.6 Å². The summed E-state index contributed by atoms with van der Waals surface area (Å²) in [4.78, 5) is 31.1. The van der Waals surface area contributed by atoms with E-state index in [2.05, 4.69) is 5.32 Å². The van der Waals surface area contributed by atoms with Crippen molar-refractivity contribution in [3.05, 3.63) is 0 Å². The number of hydrogen-bond acceptors (Lipinski definition) is 3. The first-order valence-electron chi connectivity index (χ1n) is 3.64. The van der Waals surface area contributed by atoms with Crippen LogP contribution in [0.25, 0.3) is 0 Å². The van der Waals surface area contributed by atoms with Crippen molar-refractivity contribution in [1.82, 2.24) is 5.32 Å². The number of carbonyl (C=O) groups excluding carboxylic acids is 1. The summed E-state index contributed by atoms with van der Waals surface area (Å²) in [6.45, 7) is 0.897. The Kier molecular flexibility index (Phi) is 4.50. The lowest BCUT2D eigenvalue weighted by Gasteiger charge is -2.05. The van der Waals surface area contributed by atoms with Crippen molar-refractivity contribution in [1.29, 1.82) is 0 Å². The number of amides is 1. The molecule has 0 aromatic rings. The Morgan fingerprint density at radius 3 is 2.23 bits per heavy atom. The molecule has 1 unspecified atom stereocenters. The summed E-state index contributed by atoms with van der Waals surface area (Å²) in [6, 6.07) is 0. The lowest BCUT2D eigenvalue weighted by Crippen LogP contribution is -2.31. The maximum absolute atomic E-state index is 10.8. The standard InChI is InChI=1S/C7H11NO5/c1-4(7(12)13)2-5(9)8-3-6(10)11/h4H,2-3H2,1H3,(H,8,9)(H,10,11)(H,12,13). The number of nitrogens with one attached hydrogen (secondary N) is 1. The van der Waals surface area contributed by atoms with Gasteiger partial charge in [0.05, 0.1) is 5.92 Å². The molecule has 3 N–H and O–H groups in total. The smallest absolute Gasteiger partial charge is 0.322 e. The van der Waals surface area contributed by atoms with E-state index in [0.29, 0.717) is 0 Å². The molecule has 0 aromatic heterocycles. The van der Waals surface area contributed by atoms with Gasteiger partial charge in [-0.15, -0.1) is 0 Å². The van der Waals surface area contributed by atoms with E-state index in [-0.39, 0.29) is 6.42 Å². The second-order valence-corrected chi connectivity index (χ2v) is 2.61. The Bertz CT molecular complexity index is 225. The van der Waals surface area contributed by atoms with E-state index >= 15 is 0 Å². The third-order valence-electron chi connectivity index (χ3n) is 1.35. The third kappa shape index (κ3) is 5.66. The summed E-state index contributed by atoms with van der Waals surface area (Å²) in [5.41, 5.74) is 0. The first-order chi connectivity index (χ1) is 5.93. The molecular weight excluding hydrogens is 178 g/mol. The maximum Gasteiger partial charge on any atom is 0.322 e. The number of carboxylic acids is 2. The van der Waals surface area contributed by atoms with E-state index in [9.17, 15) is 14.4 Å². The first-order valence-corrected chi connectivity index (χ1v) is 3.64. The Morgan fingerprint density at radius 2 is 1.85 bits per heavy atom. The van der Waals surface area contributed by atoms with Crippen LogP contribution in [0.4, 0.5) is 0 Å². The van der Waals surface area contributed by atoms with Gasteiger partial charge in [-0.05, 0) is 0 Å². The summed E-state index contributed by atoms with van der Waals surface area (Å²) in [5.74, 6) is -3.60. The zero-order chi connectivity index (χ0) is 10.4. The predicted octanol–water partition coefficient (Wildman–Crippen LogP) is -0.702.